The zero-order valence-electron chi connectivity index (χ0n) is 18.1. The van der Waals surface area contributed by atoms with Gasteiger partial charge >= 0.3 is 0 Å². The van der Waals surface area contributed by atoms with E-state index >= 15 is 0 Å². The van der Waals surface area contributed by atoms with Crippen LogP contribution in [0.2, 0.25) is 0 Å². The first-order chi connectivity index (χ1) is 13.6. The number of nitrogens with zero attached hydrogens (tertiary/aromatic N) is 4. The fourth-order valence-corrected chi connectivity index (χ4v) is 5.12. The van der Waals surface area contributed by atoms with Crippen LogP contribution in [-0.2, 0) is 18.3 Å². The summed E-state index contributed by atoms with van der Waals surface area (Å²) in [7, 11) is 2.00. The second-order valence-corrected chi connectivity index (χ2v) is 8.83. The number of nitrogens with one attached hydrogen (secondary N) is 2. The summed E-state index contributed by atoms with van der Waals surface area (Å²) in [4.78, 5) is 4.91. The molecule has 164 valence electrons. The van der Waals surface area contributed by atoms with Gasteiger partial charge in [0.2, 0.25) is 0 Å². The van der Waals surface area contributed by atoms with Crippen LogP contribution in [0, 0.1) is 12.3 Å². The molecular weight excluding hydrogens is 479 g/mol. The Labute approximate surface area is 191 Å². The minimum absolute atomic E-state index is 0. The molecule has 0 radical (unpaired) electrons. The molecule has 29 heavy (non-hydrogen) atoms. The van der Waals surface area contributed by atoms with Crippen molar-refractivity contribution in [2.75, 3.05) is 6.61 Å². The van der Waals surface area contributed by atoms with Crippen LogP contribution in [0.5, 0.6) is 0 Å². The molecule has 3 aliphatic rings. The average molecular weight is 516 g/mol. The van der Waals surface area contributed by atoms with E-state index in [1.807, 2.05) is 18.5 Å². The number of aliphatic imine (C=N–C) groups is 1. The van der Waals surface area contributed by atoms with Crippen LogP contribution in [-0.4, -0.2) is 45.5 Å². The van der Waals surface area contributed by atoms with E-state index < -0.39 is 0 Å². The molecule has 0 amide bonds. The third-order valence-corrected chi connectivity index (χ3v) is 7.26. The lowest BCUT2D eigenvalue weighted by Crippen LogP contribution is -2.69. The van der Waals surface area contributed by atoms with Crippen LogP contribution in [0.15, 0.2) is 4.99 Å². The van der Waals surface area contributed by atoms with Gasteiger partial charge in [-0.1, -0.05) is 25.7 Å². The van der Waals surface area contributed by atoms with E-state index in [1.54, 1.807) is 0 Å². The molecule has 1 aromatic rings. The molecule has 1 aromatic heterocycles. The number of aromatic nitrogens is 3. The highest BCUT2D eigenvalue weighted by Gasteiger charge is 2.59. The molecular formula is C21H37IN6O. The number of hydrogen-bond acceptors (Lipinski definition) is 4. The molecule has 2 N–H and O–H groups in total. The largest absolute Gasteiger partial charge is 0.378 e. The van der Waals surface area contributed by atoms with E-state index in [0.717, 1.165) is 30.6 Å². The van der Waals surface area contributed by atoms with Crippen molar-refractivity contribution < 1.29 is 4.74 Å². The van der Waals surface area contributed by atoms with Crippen molar-refractivity contribution in [2.24, 2.45) is 17.5 Å². The summed E-state index contributed by atoms with van der Waals surface area (Å²) in [5.41, 5.74) is 0.326. The van der Waals surface area contributed by atoms with Gasteiger partial charge in [-0.05, 0) is 46.0 Å². The van der Waals surface area contributed by atoms with E-state index in [4.69, 9.17) is 9.73 Å². The third-order valence-electron chi connectivity index (χ3n) is 7.26. The van der Waals surface area contributed by atoms with E-state index in [9.17, 15) is 0 Å². The number of aryl methyl sites for hydroxylation is 1. The number of ether oxygens (including phenoxy) is 1. The lowest BCUT2D eigenvalue weighted by atomic mass is 9.51. The second kappa shape index (κ2) is 9.94. The molecule has 1 heterocycles. The van der Waals surface area contributed by atoms with Crippen molar-refractivity contribution in [3.8, 4) is 0 Å². The maximum atomic E-state index is 6.02. The van der Waals surface area contributed by atoms with Crippen LogP contribution in [0.3, 0.4) is 0 Å². The molecule has 1 spiro atoms. The standard InChI is InChI=1S/C21H36N6O.HI/c1-4-28-18-13-17(21(18)11-8-12-21)24-20(23-16-9-6-5-7-10-16)22-14-19-26-25-15(2)27(19)3;/h16-18H,4-14H2,1-3H3,(H2,22,23,24);1H. The Balaban J connectivity index is 0.00000240. The first kappa shape index (κ1) is 22.8. The van der Waals surface area contributed by atoms with Crippen molar-refractivity contribution in [2.45, 2.75) is 96.4 Å². The summed E-state index contributed by atoms with van der Waals surface area (Å²) < 4.78 is 8.04. The molecule has 0 aromatic carbocycles. The topological polar surface area (TPSA) is 76.4 Å². The molecule has 0 aliphatic heterocycles. The minimum Gasteiger partial charge on any atom is -0.378 e. The second-order valence-electron chi connectivity index (χ2n) is 8.83. The molecule has 0 bridgehead atoms. The summed E-state index contributed by atoms with van der Waals surface area (Å²) in [5.74, 6) is 2.77. The van der Waals surface area contributed by atoms with Gasteiger partial charge < -0.3 is 19.9 Å². The highest BCUT2D eigenvalue weighted by Crippen LogP contribution is 2.57. The van der Waals surface area contributed by atoms with Gasteiger partial charge in [-0.3, -0.25) is 0 Å². The molecule has 2 unspecified atom stereocenters. The monoisotopic (exact) mass is 516 g/mol. The van der Waals surface area contributed by atoms with Crippen molar-refractivity contribution in [3.63, 3.8) is 0 Å². The van der Waals surface area contributed by atoms with Gasteiger partial charge in [0.05, 0.1) is 6.10 Å². The lowest BCUT2D eigenvalue weighted by molar-refractivity contribution is -0.168. The number of rotatable bonds is 6. The number of hydrogen-bond donors (Lipinski definition) is 2. The molecule has 3 saturated carbocycles. The average Bonchev–Trinajstić information content (AvgIpc) is 2.96. The van der Waals surface area contributed by atoms with Crippen LogP contribution in [0.4, 0.5) is 0 Å². The Morgan fingerprint density at radius 3 is 2.52 bits per heavy atom. The van der Waals surface area contributed by atoms with Crippen molar-refractivity contribution >= 4 is 29.9 Å². The van der Waals surface area contributed by atoms with Crippen molar-refractivity contribution in [3.05, 3.63) is 11.6 Å². The van der Waals surface area contributed by atoms with E-state index in [-0.39, 0.29) is 24.0 Å². The van der Waals surface area contributed by atoms with Gasteiger partial charge in [0.15, 0.2) is 11.8 Å². The Kier molecular flexibility index (Phi) is 7.81. The summed E-state index contributed by atoms with van der Waals surface area (Å²) in [6.45, 7) is 5.44. The molecule has 3 fully saturated rings. The highest BCUT2D eigenvalue weighted by atomic mass is 127. The van der Waals surface area contributed by atoms with Gasteiger partial charge in [0.1, 0.15) is 12.4 Å². The third kappa shape index (κ3) is 4.73. The maximum absolute atomic E-state index is 6.02. The number of guanidine groups is 1. The quantitative estimate of drug-likeness (QED) is 0.344. The van der Waals surface area contributed by atoms with Crippen molar-refractivity contribution in [1.82, 2.24) is 25.4 Å². The predicted octanol–water partition coefficient (Wildman–Crippen LogP) is 3.46. The van der Waals surface area contributed by atoms with Gasteiger partial charge in [-0.25, -0.2) is 4.99 Å². The predicted molar refractivity (Wildman–Crippen MR) is 126 cm³/mol. The first-order valence-corrected chi connectivity index (χ1v) is 11.2. The van der Waals surface area contributed by atoms with Gasteiger partial charge in [-0.15, -0.1) is 34.2 Å². The van der Waals surface area contributed by atoms with E-state index in [0.29, 0.717) is 30.1 Å². The van der Waals surface area contributed by atoms with Crippen molar-refractivity contribution in [1.29, 1.82) is 0 Å². The normalized spacial score (nSPS) is 26.4. The molecule has 8 heteroatoms. The van der Waals surface area contributed by atoms with Crippen LogP contribution in [0.1, 0.15) is 76.4 Å². The zero-order chi connectivity index (χ0) is 19.6. The fourth-order valence-electron chi connectivity index (χ4n) is 5.12. The SMILES string of the molecule is CCOC1CC(NC(=NCc2nnc(C)n2C)NC2CCCCC2)C12CCC2.I. The summed E-state index contributed by atoms with van der Waals surface area (Å²) in [5, 5.41) is 15.9. The molecule has 4 rings (SSSR count). The van der Waals surface area contributed by atoms with Gasteiger partial charge in [0.25, 0.3) is 0 Å². The molecule has 3 aliphatic carbocycles. The molecule has 2 atom stereocenters. The van der Waals surface area contributed by atoms with Gasteiger partial charge in [0, 0.05) is 31.2 Å². The van der Waals surface area contributed by atoms with Gasteiger partial charge in [-0.2, -0.15) is 0 Å². The zero-order valence-corrected chi connectivity index (χ0v) is 20.4. The minimum atomic E-state index is 0. The summed E-state index contributed by atoms with van der Waals surface area (Å²) in [6, 6.07) is 0.996. The fraction of sp³-hybridized carbons (Fsp3) is 0.857. The Hall–Kier alpha value is -0.900. The Bertz CT molecular complexity index is 695. The first-order valence-electron chi connectivity index (χ1n) is 11.2. The molecule has 7 nitrogen and oxygen atoms in total. The van der Waals surface area contributed by atoms with Crippen LogP contribution < -0.4 is 10.6 Å². The summed E-state index contributed by atoms with van der Waals surface area (Å²) >= 11 is 0. The van der Waals surface area contributed by atoms with Crippen LogP contribution in [0.25, 0.3) is 0 Å². The Morgan fingerprint density at radius 2 is 1.93 bits per heavy atom. The Morgan fingerprint density at radius 1 is 1.17 bits per heavy atom. The van der Waals surface area contributed by atoms with E-state index in [2.05, 4.69) is 27.8 Å². The number of halogens is 1. The maximum Gasteiger partial charge on any atom is 0.192 e. The van der Waals surface area contributed by atoms with E-state index in [1.165, 1.54) is 51.4 Å². The molecule has 0 saturated heterocycles. The van der Waals surface area contributed by atoms with Crippen LogP contribution >= 0.6 is 24.0 Å². The highest BCUT2D eigenvalue weighted by molar-refractivity contribution is 14.0. The smallest absolute Gasteiger partial charge is 0.192 e. The summed E-state index contributed by atoms with van der Waals surface area (Å²) in [6.07, 6.45) is 11.8. The lowest BCUT2D eigenvalue weighted by Gasteiger charge is -2.61.